The maximum Gasteiger partial charge on any atom is 0.434 e. The monoisotopic (exact) mass is 426 g/mol. The van der Waals surface area contributed by atoms with Gasteiger partial charge in [0.25, 0.3) is 5.91 Å². The van der Waals surface area contributed by atoms with Crippen LogP contribution in [0.15, 0.2) is 65.9 Å². The minimum Gasteiger partial charge on any atom is -0.267 e. The zero-order valence-electron chi connectivity index (χ0n) is 14.9. The number of aromatic nitrogens is 2. The first-order chi connectivity index (χ1) is 14.1. The van der Waals surface area contributed by atoms with Gasteiger partial charge in [0.15, 0.2) is 5.69 Å². The fourth-order valence-electron chi connectivity index (χ4n) is 2.57. The van der Waals surface area contributed by atoms with E-state index < -0.39 is 35.1 Å². The van der Waals surface area contributed by atoms with Crippen molar-refractivity contribution in [3.8, 4) is 5.69 Å². The van der Waals surface area contributed by atoms with E-state index in [4.69, 9.17) is 0 Å². The van der Waals surface area contributed by atoms with Gasteiger partial charge in [0.1, 0.15) is 0 Å². The van der Waals surface area contributed by atoms with Crippen LogP contribution in [0.2, 0.25) is 0 Å². The molecule has 1 aromatic heterocycles. The summed E-state index contributed by atoms with van der Waals surface area (Å²) in [4.78, 5) is 12.2. The Kier molecular flexibility index (Phi) is 5.63. The van der Waals surface area contributed by atoms with Gasteiger partial charge in [-0.15, -0.1) is 0 Å². The van der Waals surface area contributed by atoms with Crippen molar-refractivity contribution in [3.63, 3.8) is 0 Å². The standard InChI is InChI=1S/C19H12F6N4O/c20-18(21,22)13-6-4-5-12(9-13)10-26-28-17(30)15-11-27-29(16(15)19(23,24)25)14-7-2-1-3-8-14/h1-11H,(H,28,30)/b26-10+. The molecule has 0 aliphatic rings. The highest BCUT2D eigenvalue weighted by Crippen LogP contribution is 2.33. The molecule has 0 spiro atoms. The number of nitrogens with zero attached hydrogens (tertiary/aromatic N) is 3. The van der Waals surface area contributed by atoms with E-state index in [9.17, 15) is 31.1 Å². The van der Waals surface area contributed by atoms with E-state index in [1.54, 1.807) is 6.07 Å². The lowest BCUT2D eigenvalue weighted by molar-refractivity contribution is -0.143. The molecule has 3 aromatic rings. The predicted molar refractivity (Wildman–Crippen MR) is 95.1 cm³/mol. The summed E-state index contributed by atoms with van der Waals surface area (Å²) >= 11 is 0. The molecule has 3 rings (SSSR count). The summed E-state index contributed by atoms with van der Waals surface area (Å²) in [6, 6.07) is 11.5. The van der Waals surface area contributed by atoms with E-state index in [-0.39, 0.29) is 11.3 Å². The van der Waals surface area contributed by atoms with E-state index in [2.05, 4.69) is 10.2 Å². The minimum atomic E-state index is -4.90. The van der Waals surface area contributed by atoms with Crippen molar-refractivity contribution in [2.24, 2.45) is 5.10 Å². The van der Waals surface area contributed by atoms with Crippen LogP contribution in [0.1, 0.15) is 27.2 Å². The van der Waals surface area contributed by atoms with Crippen molar-refractivity contribution >= 4 is 12.1 Å². The third-order valence-corrected chi connectivity index (χ3v) is 3.88. The second kappa shape index (κ2) is 8.01. The second-order valence-corrected chi connectivity index (χ2v) is 5.97. The van der Waals surface area contributed by atoms with Crippen molar-refractivity contribution in [1.82, 2.24) is 15.2 Å². The molecular formula is C19H12F6N4O. The number of hydrazone groups is 1. The minimum absolute atomic E-state index is 0.00107. The molecule has 0 saturated carbocycles. The highest BCUT2D eigenvalue weighted by atomic mass is 19.4. The Balaban J connectivity index is 1.84. The van der Waals surface area contributed by atoms with Crippen LogP contribution in [-0.4, -0.2) is 21.9 Å². The average molecular weight is 426 g/mol. The Morgan fingerprint density at radius 3 is 2.30 bits per heavy atom. The van der Waals surface area contributed by atoms with Crippen LogP contribution >= 0.6 is 0 Å². The second-order valence-electron chi connectivity index (χ2n) is 5.97. The van der Waals surface area contributed by atoms with Gasteiger partial charge in [-0.1, -0.05) is 30.3 Å². The SMILES string of the molecule is O=C(N/N=C/c1cccc(C(F)(F)F)c1)c1cnn(-c2ccccc2)c1C(F)(F)F. The lowest BCUT2D eigenvalue weighted by atomic mass is 10.1. The van der Waals surface area contributed by atoms with E-state index in [1.165, 1.54) is 30.3 Å². The number of benzene rings is 2. The normalized spacial score (nSPS) is 12.3. The van der Waals surface area contributed by atoms with Crippen molar-refractivity contribution in [1.29, 1.82) is 0 Å². The molecule has 11 heteroatoms. The summed E-state index contributed by atoms with van der Waals surface area (Å²) in [5.74, 6) is -1.22. The quantitative estimate of drug-likeness (QED) is 0.374. The number of carbonyl (C=O) groups is 1. The van der Waals surface area contributed by atoms with Crippen molar-refractivity contribution < 1.29 is 31.1 Å². The molecule has 0 saturated heterocycles. The molecule has 0 fully saturated rings. The predicted octanol–water partition coefficient (Wildman–Crippen LogP) is 4.67. The van der Waals surface area contributed by atoms with Crippen LogP contribution in [0.25, 0.3) is 5.69 Å². The molecule has 2 aromatic carbocycles. The molecule has 0 unspecified atom stereocenters. The first-order valence-electron chi connectivity index (χ1n) is 8.28. The van der Waals surface area contributed by atoms with E-state index in [0.29, 0.717) is 4.68 Å². The molecule has 1 heterocycles. The van der Waals surface area contributed by atoms with Crippen molar-refractivity contribution in [2.45, 2.75) is 12.4 Å². The van der Waals surface area contributed by atoms with Gasteiger partial charge in [-0.3, -0.25) is 4.79 Å². The molecule has 1 amide bonds. The van der Waals surface area contributed by atoms with Gasteiger partial charge in [-0.2, -0.15) is 36.5 Å². The van der Waals surface area contributed by atoms with Gasteiger partial charge in [-0.05, 0) is 29.8 Å². The summed E-state index contributed by atoms with van der Waals surface area (Å²) in [6.45, 7) is 0. The maximum absolute atomic E-state index is 13.5. The number of carbonyl (C=O) groups excluding carboxylic acids is 1. The van der Waals surface area contributed by atoms with Crippen molar-refractivity contribution in [3.05, 3.63) is 83.2 Å². The molecule has 0 bridgehead atoms. The number of rotatable bonds is 4. The number of alkyl halides is 6. The molecular weight excluding hydrogens is 414 g/mol. The van der Waals surface area contributed by atoms with E-state index in [1.807, 2.05) is 5.43 Å². The number of para-hydroxylation sites is 1. The number of amides is 1. The lowest BCUT2D eigenvalue weighted by Crippen LogP contribution is -2.23. The van der Waals surface area contributed by atoms with E-state index in [0.717, 1.165) is 30.6 Å². The van der Waals surface area contributed by atoms with Gasteiger partial charge in [0, 0.05) is 0 Å². The molecule has 5 nitrogen and oxygen atoms in total. The Morgan fingerprint density at radius 2 is 1.67 bits per heavy atom. The number of halogens is 6. The molecule has 156 valence electrons. The molecule has 0 aliphatic heterocycles. The first kappa shape index (κ1) is 21.1. The summed E-state index contributed by atoms with van der Waals surface area (Å²) < 4.78 is 79.3. The third kappa shape index (κ3) is 4.67. The number of nitrogens with one attached hydrogen (secondary N) is 1. The summed E-state index contributed by atoms with van der Waals surface area (Å²) in [5, 5.41) is 7.09. The largest absolute Gasteiger partial charge is 0.434 e. The van der Waals surface area contributed by atoms with Crippen LogP contribution in [0.3, 0.4) is 0 Å². The van der Waals surface area contributed by atoms with E-state index >= 15 is 0 Å². The topological polar surface area (TPSA) is 59.3 Å². The Hall–Kier alpha value is -3.63. The number of hydrogen-bond acceptors (Lipinski definition) is 3. The fourth-order valence-corrected chi connectivity index (χ4v) is 2.57. The van der Waals surface area contributed by atoms with Crippen LogP contribution < -0.4 is 5.43 Å². The highest BCUT2D eigenvalue weighted by molar-refractivity contribution is 5.96. The van der Waals surface area contributed by atoms with Crippen molar-refractivity contribution in [2.75, 3.05) is 0 Å². The smallest absolute Gasteiger partial charge is 0.267 e. The van der Waals surface area contributed by atoms with Crippen LogP contribution in [0.4, 0.5) is 26.3 Å². The lowest BCUT2D eigenvalue weighted by Gasteiger charge is -2.12. The zero-order chi connectivity index (χ0) is 21.9. The summed E-state index contributed by atoms with van der Waals surface area (Å²) in [6.07, 6.45) is -7.84. The average Bonchev–Trinajstić information content (AvgIpc) is 3.14. The third-order valence-electron chi connectivity index (χ3n) is 3.88. The zero-order valence-corrected chi connectivity index (χ0v) is 14.9. The van der Waals surface area contributed by atoms with Gasteiger partial charge in [0.2, 0.25) is 0 Å². The molecule has 0 aliphatic carbocycles. The highest BCUT2D eigenvalue weighted by Gasteiger charge is 2.40. The summed E-state index contributed by atoms with van der Waals surface area (Å²) in [7, 11) is 0. The molecule has 30 heavy (non-hydrogen) atoms. The van der Waals surface area contributed by atoms with Crippen LogP contribution in [-0.2, 0) is 12.4 Å². The van der Waals surface area contributed by atoms with Crippen LogP contribution in [0.5, 0.6) is 0 Å². The summed E-state index contributed by atoms with van der Waals surface area (Å²) in [5.41, 5.74) is -1.05. The Labute approximate surface area is 165 Å². The maximum atomic E-state index is 13.5. The molecule has 0 atom stereocenters. The fraction of sp³-hybridized carbons (Fsp3) is 0.105. The molecule has 0 radical (unpaired) electrons. The van der Waals surface area contributed by atoms with Gasteiger partial charge in [-0.25, -0.2) is 10.1 Å². The van der Waals surface area contributed by atoms with Gasteiger partial charge in [0.05, 0.1) is 29.2 Å². The van der Waals surface area contributed by atoms with Gasteiger partial charge >= 0.3 is 12.4 Å². The molecule has 1 N–H and O–H groups in total. The Bertz CT molecular complexity index is 1070. The van der Waals surface area contributed by atoms with Crippen LogP contribution in [0, 0.1) is 0 Å². The Morgan fingerprint density at radius 1 is 0.967 bits per heavy atom. The number of hydrogen-bond donors (Lipinski definition) is 1. The van der Waals surface area contributed by atoms with Gasteiger partial charge < -0.3 is 0 Å². The first-order valence-corrected chi connectivity index (χ1v) is 8.28.